The average molecular weight is 398 g/mol. The normalized spacial score (nSPS) is 11.3. The molecule has 27 heavy (non-hydrogen) atoms. The van der Waals surface area contributed by atoms with E-state index in [1.807, 2.05) is 24.3 Å². The highest BCUT2D eigenvalue weighted by Crippen LogP contribution is 2.30. The van der Waals surface area contributed by atoms with Gasteiger partial charge >= 0.3 is 0 Å². The predicted molar refractivity (Wildman–Crippen MR) is 110 cm³/mol. The first kappa shape index (κ1) is 17.9. The third-order valence-corrected chi connectivity index (χ3v) is 6.07. The summed E-state index contributed by atoms with van der Waals surface area (Å²) in [7, 11) is 0. The van der Waals surface area contributed by atoms with Gasteiger partial charge in [0.25, 0.3) is 0 Å². The summed E-state index contributed by atoms with van der Waals surface area (Å²) in [5.41, 5.74) is 1.98. The number of rotatable bonds is 7. The number of thioether (sulfide) groups is 1. The topological polar surface area (TPSA) is 83.6 Å². The number of H-pyrrole nitrogens is 1. The van der Waals surface area contributed by atoms with Crippen molar-refractivity contribution in [2.24, 2.45) is 0 Å². The first-order valence-electron chi connectivity index (χ1n) is 8.73. The summed E-state index contributed by atoms with van der Waals surface area (Å²) in [5.74, 6) is 1.63. The van der Waals surface area contributed by atoms with E-state index in [9.17, 15) is 4.79 Å². The van der Waals surface area contributed by atoms with Gasteiger partial charge in [0, 0.05) is 35.4 Å². The van der Waals surface area contributed by atoms with Crippen molar-refractivity contribution >= 4 is 50.3 Å². The molecule has 0 radical (unpaired) electrons. The van der Waals surface area contributed by atoms with E-state index < -0.39 is 0 Å². The van der Waals surface area contributed by atoms with Gasteiger partial charge in [-0.2, -0.15) is 0 Å². The van der Waals surface area contributed by atoms with Gasteiger partial charge in [-0.25, -0.2) is 15.0 Å². The number of benzene rings is 1. The largest absolute Gasteiger partial charge is 0.356 e. The van der Waals surface area contributed by atoms with E-state index in [1.165, 1.54) is 4.88 Å². The molecule has 0 atom stereocenters. The Morgan fingerprint density at radius 1 is 1.30 bits per heavy atom. The number of hydrogen-bond acceptors (Lipinski definition) is 6. The second-order valence-corrected chi connectivity index (χ2v) is 8.47. The van der Waals surface area contributed by atoms with E-state index in [2.05, 4.69) is 38.2 Å². The first-order valence-corrected chi connectivity index (χ1v) is 10.5. The molecule has 138 valence electrons. The van der Waals surface area contributed by atoms with Crippen LogP contribution in [0.5, 0.6) is 0 Å². The zero-order chi connectivity index (χ0) is 18.6. The highest BCUT2D eigenvalue weighted by Gasteiger charge is 2.09. The Morgan fingerprint density at radius 3 is 3.07 bits per heavy atom. The minimum atomic E-state index is 0.0467. The van der Waals surface area contributed by atoms with Crippen LogP contribution in [0.3, 0.4) is 0 Å². The minimum absolute atomic E-state index is 0.0467. The number of nitrogens with one attached hydrogen (secondary N) is 2. The number of hydrogen-bond donors (Lipinski definition) is 2. The van der Waals surface area contributed by atoms with E-state index in [0.717, 1.165) is 32.1 Å². The molecule has 0 unspecified atom stereocenters. The maximum Gasteiger partial charge on any atom is 0.220 e. The minimum Gasteiger partial charge on any atom is -0.356 e. The maximum absolute atomic E-state index is 12.1. The molecule has 1 amide bonds. The fraction of sp³-hybridized carbons (Fsp3) is 0.263. The Hall–Kier alpha value is -2.45. The lowest BCUT2D eigenvalue weighted by Gasteiger charge is -2.04. The number of aromatic nitrogens is 4. The van der Waals surface area contributed by atoms with Crippen LogP contribution in [0.4, 0.5) is 0 Å². The van der Waals surface area contributed by atoms with Crippen LogP contribution in [0.1, 0.15) is 17.1 Å². The molecule has 0 saturated carbocycles. The van der Waals surface area contributed by atoms with E-state index in [-0.39, 0.29) is 5.91 Å². The first-order chi connectivity index (χ1) is 13.2. The molecule has 0 fully saturated rings. The Kier molecular flexibility index (Phi) is 5.35. The maximum atomic E-state index is 12.1. The number of imidazole rings is 1. The van der Waals surface area contributed by atoms with E-state index >= 15 is 0 Å². The number of carbonyl (C=O) groups excluding carboxylic acids is 1. The Balaban J connectivity index is 1.23. The summed E-state index contributed by atoms with van der Waals surface area (Å²) in [6, 6.07) is 10.0. The third kappa shape index (κ3) is 4.28. The standard InChI is InChI=1S/C19H19N5OS2/c1-12-10-13-18(21-11-22-19(13)27-12)26-9-7-17(25)20-8-6-16-23-14-4-2-3-5-15(14)24-16/h2-5,10-11H,6-9H2,1H3,(H,20,25)(H,23,24). The second kappa shape index (κ2) is 8.06. The summed E-state index contributed by atoms with van der Waals surface area (Å²) in [4.78, 5) is 30.7. The molecule has 4 rings (SSSR count). The SMILES string of the molecule is Cc1cc2c(SCCC(=O)NCCc3nc4ccccc4[nH]3)ncnc2s1. The van der Waals surface area contributed by atoms with Crippen LogP contribution in [0, 0.1) is 6.92 Å². The monoisotopic (exact) mass is 397 g/mol. The van der Waals surface area contributed by atoms with Crippen molar-refractivity contribution in [1.29, 1.82) is 0 Å². The quantitative estimate of drug-likeness (QED) is 0.367. The molecular weight excluding hydrogens is 378 g/mol. The number of aryl methyl sites for hydroxylation is 1. The van der Waals surface area contributed by atoms with Gasteiger partial charge in [0.15, 0.2) is 0 Å². The van der Waals surface area contributed by atoms with Gasteiger partial charge in [0.1, 0.15) is 22.0 Å². The van der Waals surface area contributed by atoms with Crippen LogP contribution in [-0.2, 0) is 11.2 Å². The van der Waals surface area contributed by atoms with Gasteiger partial charge in [-0.05, 0) is 25.1 Å². The molecule has 0 aliphatic heterocycles. The number of nitrogens with zero attached hydrogens (tertiary/aromatic N) is 3. The van der Waals surface area contributed by atoms with Gasteiger partial charge in [0.2, 0.25) is 5.91 Å². The van der Waals surface area contributed by atoms with Gasteiger partial charge in [0.05, 0.1) is 11.0 Å². The van der Waals surface area contributed by atoms with Gasteiger partial charge < -0.3 is 10.3 Å². The van der Waals surface area contributed by atoms with E-state index in [4.69, 9.17) is 0 Å². The molecular formula is C19H19N5OS2. The summed E-state index contributed by atoms with van der Waals surface area (Å²) in [6.45, 7) is 2.64. The van der Waals surface area contributed by atoms with E-state index in [1.54, 1.807) is 29.4 Å². The van der Waals surface area contributed by atoms with Gasteiger partial charge in [-0.15, -0.1) is 23.1 Å². The van der Waals surface area contributed by atoms with Crippen molar-refractivity contribution in [3.63, 3.8) is 0 Å². The molecule has 2 N–H and O–H groups in total. The third-order valence-electron chi connectivity index (χ3n) is 4.11. The zero-order valence-corrected chi connectivity index (χ0v) is 16.5. The number of amides is 1. The van der Waals surface area contributed by atoms with Crippen LogP contribution in [0.25, 0.3) is 21.3 Å². The molecule has 0 aliphatic carbocycles. The average Bonchev–Trinajstić information content (AvgIpc) is 3.24. The Morgan fingerprint density at radius 2 is 2.19 bits per heavy atom. The van der Waals surface area contributed by atoms with E-state index in [0.29, 0.717) is 25.1 Å². The number of fused-ring (bicyclic) bond motifs is 2. The summed E-state index contributed by atoms with van der Waals surface area (Å²) < 4.78 is 0. The molecule has 4 aromatic rings. The second-order valence-electron chi connectivity index (χ2n) is 6.15. The van der Waals surface area contributed by atoms with Crippen LogP contribution in [0.2, 0.25) is 0 Å². The molecule has 3 heterocycles. The number of aromatic amines is 1. The summed E-state index contributed by atoms with van der Waals surface area (Å²) >= 11 is 3.26. The lowest BCUT2D eigenvalue weighted by atomic mass is 10.3. The highest BCUT2D eigenvalue weighted by molar-refractivity contribution is 7.99. The van der Waals surface area contributed by atoms with Crippen molar-refractivity contribution in [3.05, 3.63) is 47.4 Å². The van der Waals surface area contributed by atoms with Crippen LogP contribution < -0.4 is 5.32 Å². The molecule has 3 aromatic heterocycles. The lowest BCUT2D eigenvalue weighted by molar-refractivity contribution is -0.120. The van der Waals surface area contributed by atoms with Gasteiger partial charge in [-0.3, -0.25) is 4.79 Å². The molecule has 0 spiro atoms. The fourth-order valence-electron chi connectivity index (χ4n) is 2.84. The van der Waals surface area contributed by atoms with Crippen molar-refractivity contribution in [1.82, 2.24) is 25.3 Å². The molecule has 0 aliphatic rings. The Labute approximate surface area is 164 Å². The van der Waals surface area contributed by atoms with Crippen LogP contribution in [-0.4, -0.2) is 38.1 Å². The molecule has 6 nitrogen and oxygen atoms in total. The summed E-state index contributed by atoms with van der Waals surface area (Å²) in [5, 5.41) is 4.98. The van der Waals surface area contributed by atoms with Crippen molar-refractivity contribution < 1.29 is 4.79 Å². The van der Waals surface area contributed by atoms with Crippen molar-refractivity contribution in [3.8, 4) is 0 Å². The molecule has 1 aromatic carbocycles. The zero-order valence-electron chi connectivity index (χ0n) is 14.9. The Bertz CT molecular complexity index is 1060. The highest BCUT2D eigenvalue weighted by atomic mass is 32.2. The molecule has 0 saturated heterocycles. The number of thiophene rings is 1. The van der Waals surface area contributed by atoms with Crippen LogP contribution in [0.15, 0.2) is 41.7 Å². The number of carbonyl (C=O) groups is 1. The molecule has 8 heteroatoms. The van der Waals surface area contributed by atoms with Gasteiger partial charge in [-0.1, -0.05) is 12.1 Å². The predicted octanol–water partition coefficient (Wildman–Crippen LogP) is 3.72. The summed E-state index contributed by atoms with van der Waals surface area (Å²) in [6.07, 6.45) is 2.74. The van der Waals surface area contributed by atoms with Crippen LogP contribution >= 0.6 is 23.1 Å². The molecule has 0 bridgehead atoms. The smallest absolute Gasteiger partial charge is 0.220 e. The van der Waals surface area contributed by atoms with Crippen molar-refractivity contribution in [2.45, 2.75) is 24.8 Å². The lowest BCUT2D eigenvalue weighted by Crippen LogP contribution is -2.26. The van der Waals surface area contributed by atoms with Crippen molar-refractivity contribution in [2.75, 3.05) is 12.3 Å². The number of para-hydroxylation sites is 2. The fourth-order valence-corrected chi connectivity index (χ4v) is 4.67.